The average Bonchev–Trinajstić information content (AvgIpc) is 1.96. The Kier molecular flexibility index (Phi) is 2.58. The Morgan fingerprint density at radius 3 is 2.46 bits per heavy atom. The van der Waals surface area contributed by atoms with Gasteiger partial charge in [-0.25, -0.2) is 0 Å². The number of benzene rings is 1. The number of hydrogen-bond acceptors (Lipinski definition) is 2. The van der Waals surface area contributed by atoms with E-state index >= 15 is 0 Å². The maximum Gasteiger partial charge on any atom is 0.357 e. The zero-order valence-corrected chi connectivity index (χ0v) is 8.22. The summed E-state index contributed by atoms with van der Waals surface area (Å²) in [4.78, 5) is 0. The second kappa shape index (κ2) is 3.35. The second-order valence-electron chi connectivity index (χ2n) is 2.82. The number of anilines is 1. The molecule has 5 heteroatoms. The van der Waals surface area contributed by atoms with Crippen molar-refractivity contribution in [2.75, 3.05) is 4.72 Å². The van der Waals surface area contributed by atoms with Crippen molar-refractivity contribution in [3.63, 3.8) is 0 Å². The van der Waals surface area contributed by atoms with E-state index in [0.717, 1.165) is 11.1 Å². The van der Waals surface area contributed by atoms with Gasteiger partial charge >= 0.3 is 10.3 Å². The Labute approximate surface area is 77.5 Å². The largest absolute Gasteiger partial charge is 0.357 e. The fourth-order valence-electron chi connectivity index (χ4n) is 1.00. The zero-order valence-electron chi connectivity index (χ0n) is 7.40. The molecule has 0 unspecified atom stereocenters. The van der Waals surface area contributed by atoms with Crippen LogP contribution in [-0.2, 0) is 10.3 Å². The predicted molar refractivity (Wildman–Crippen MR) is 51.1 cm³/mol. The molecule has 2 N–H and O–H groups in total. The van der Waals surface area contributed by atoms with Crippen LogP contribution in [0.5, 0.6) is 0 Å². The highest BCUT2D eigenvalue weighted by Gasteiger charge is 2.06. The van der Waals surface area contributed by atoms with Crippen molar-refractivity contribution in [2.24, 2.45) is 0 Å². The Balaban J connectivity index is 3.10. The molecule has 0 saturated heterocycles. The van der Waals surface area contributed by atoms with Crippen LogP contribution in [0.15, 0.2) is 18.2 Å². The summed E-state index contributed by atoms with van der Waals surface area (Å²) in [5, 5.41) is 0. The van der Waals surface area contributed by atoms with Gasteiger partial charge in [-0.05, 0) is 31.0 Å². The van der Waals surface area contributed by atoms with Gasteiger partial charge in [0.05, 0.1) is 5.69 Å². The molecule has 0 spiro atoms. The molecule has 0 aliphatic carbocycles. The molecule has 0 amide bonds. The van der Waals surface area contributed by atoms with E-state index in [2.05, 4.69) is 0 Å². The molecule has 0 bridgehead atoms. The van der Waals surface area contributed by atoms with Crippen LogP contribution in [0.4, 0.5) is 5.69 Å². The van der Waals surface area contributed by atoms with Gasteiger partial charge < -0.3 is 0 Å². The molecule has 13 heavy (non-hydrogen) atoms. The van der Waals surface area contributed by atoms with Crippen molar-refractivity contribution in [1.29, 1.82) is 0 Å². The smallest absolute Gasteiger partial charge is 0.269 e. The Hall–Kier alpha value is -1.07. The lowest BCUT2D eigenvalue weighted by molar-refractivity contribution is 0.489. The predicted octanol–water partition coefficient (Wildman–Crippen LogP) is 1.52. The monoisotopic (exact) mass is 201 g/mol. The van der Waals surface area contributed by atoms with Crippen LogP contribution in [0.1, 0.15) is 11.1 Å². The second-order valence-corrected chi connectivity index (χ2v) is 3.98. The fraction of sp³-hybridized carbons (Fsp3) is 0.250. The zero-order chi connectivity index (χ0) is 10.1. The third kappa shape index (κ3) is 2.71. The molecular formula is C8H11NO3S. The lowest BCUT2D eigenvalue weighted by Gasteiger charge is -2.07. The van der Waals surface area contributed by atoms with Gasteiger partial charge in [0, 0.05) is 0 Å². The van der Waals surface area contributed by atoms with Crippen LogP contribution in [0, 0.1) is 13.8 Å². The molecule has 1 aromatic carbocycles. The average molecular weight is 201 g/mol. The highest BCUT2D eigenvalue weighted by atomic mass is 32.2. The quantitative estimate of drug-likeness (QED) is 0.713. The van der Waals surface area contributed by atoms with Crippen molar-refractivity contribution >= 4 is 16.0 Å². The van der Waals surface area contributed by atoms with Crippen LogP contribution in [0.25, 0.3) is 0 Å². The molecule has 0 radical (unpaired) electrons. The van der Waals surface area contributed by atoms with Crippen LogP contribution in [0.3, 0.4) is 0 Å². The molecule has 0 fully saturated rings. The molecule has 0 aliphatic rings. The summed E-state index contributed by atoms with van der Waals surface area (Å²) in [6, 6.07) is 5.18. The van der Waals surface area contributed by atoms with E-state index in [1.54, 1.807) is 19.1 Å². The van der Waals surface area contributed by atoms with Gasteiger partial charge in [0.15, 0.2) is 0 Å². The van der Waals surface area contributed by atoms with Crippen molar-refractivity contribution in [3.05, 3.63) is 29.3 Å². The third-order valence-electron chi connectivity index (χ3n) is 1.84. The van der Waals surface area contributed by atoms with E-state index in [4.69, 9.17) is 4.55 Å². The number of hydrogen-bond donors (Lipinski definition) is 2. The van der Waals surface area contributed by atoms with Gasteiger partial charge in [0.2, 0.25) is 0 Å². The van der Waals surface area contributed by atoms with Crippen molar-refractivity contribution in [2.45, 2.75) is 13.8 Å². The molecule has 1 rings (SSSR count). The molecule has 1 aromatic rings. The maximum absolute atomic E-state index is 10.5. The first-order valence-corrected chi connectivity index (χ1v) is 5.15. The van der Waals surface area contributed by atoms with E-state index in [9.17, 15) is 8.42 Å². The fourth-order valence-corrected chi connectivity index (χ4v) is 1.50. The number of aryl methyl sites for hydroxylation is 1. The van der Waals surface area contributed by atoms with Crippen LogP contribution in [-0.4, -0.2) is 13.0 Å². The lowest BCUT2D eigenvalue weighted by Crippen LogP contribution is -2.11. The molecule has 0 atom stereocenters. The van der Waals surface area contributed by atoms with Gasteiger partial charge in [-0.15, -0.1) is 0 Å². The van der Waals surface area contributed by atoms with Crippen molar-refractivity contribution in [3.8, 4) is 0 Å². The topological polar surface area (TPSA) is 66.4 Å². The SMILES string of the molecule is Cc1cccc(NS(=O)(=O)O)c1C. The minimum atomic E-state index is -4.17. The van der Waals surface area contributed by atoms with E-state index in [-0.39, 0.29) is 0 Å². The summed E-state index contributed by atoms with van der Waals surface area (Å²) in [5.74, 6) is 0. The maximum atomic E-state index is 10.5. The van der Waals surface area contributed by atoms with Crippen LogP contribution >= 0.6 is 0 Å². The van der Waals surface area contributed by atoms with E-state index in [1.165, 1.54) is 0 Å². The van der Waals surface area contributed by atoms with Gasteiger partial charge in [-0.2, -0.15) is 8.42 Å². The number of rotatable bonds is 2. The number of nitrogens with one attached hydrogen (secondary N) is 1. The van der Waals surface area contributed by atoms with E-state index < -0.39 is 10.3 Å². The van der Waals surface area contributed by atoms with Gasteiger partial charge in [0.1, 0.15) is 0 Å². The first-order valence-electron chi connectivity index (χ1n) is 3.71. The van der Waals surface area contributed by atoms with Gasteiger partial charge in [0.25, 0.3) is 0 Å². The highest BCUT2D eigenvalue weighted by Crippen LogP contribution is 2.18. The third-order valence-corrected chi connectivity index (χ3v) is 2.32. The first kappa shape index (κ1) is 10.0. The van der Waals surface area contributed by atoms with E-state index in [1.807, 2.05) is 17.7 Å². The van der Waals surface area contributed by atoms with E-state index in [0.29, 0.717) is 5.69 Å². The van der Waals surface area contributed by atoms with Gasteiger partial charge in [-0.1, -0.05) is 12.1 Å². The standard InChI is InChI=1S/C8H11NO3S/c1-6-4-3-5-8(7(6)2)9-13(10,11)12/h3-5,9H,1-2H3,(H,10,11,12). The van der Waals surface area contributed by atoms with Crippen LogP contribution in [0.2, 0.25) is 0 Å². The Bertz CT molecular complexity index is 411. The minimum absolute atomic E-state index is 0.405. The first-order chi connectivity index (χ1) is 5.90. The van der Waals surface area contributed by atoms with Crippen molar-refractivity contribution in [1.82, 2.24) is 0 Å². The molecule has 72 valence electrons. The molecule has 0 aliphatic heterocycles. The summed E-state index contributed by atoms with van der Waals surface area (Å²) in [6.07, 6.45) is 0. The molecular weight excluding hydrogens is 190 g/mol. The summed E-state index contributed by atoms with van der Waals surface area (Å²) >= 11 is 0. The normalized spacial score (nSPS) is 11.3. The summed E-state index contributed by atoms with van der Waals surface area (Å²) < 4.78 is 31.6. The highest BCUT2D eigenvalue weighted by molar-refractivity contribution is 7.87. The minimum Gasteiger partial charge on any atom is -0.269 e. The molecule has 0 heterocycles. The Morgan fingerprint density at radius 2 is 1.92 bits per heavy atom. The Morgan fingerprint density at radius 1 is 1.31 bits per heavy atom. The summed E-state index contributed by atoms with van der Waals surface area (Å²) in [7, 11) is -4.17. The summed E-state index contributed by atoms with van der Waals surface area (Å²) in [5.41, 5.74) is 2.18. The molecule has 4 nitrogen and oxygen atoms in total. The van der Waals surface area contributed by atoms with Crippen molar-refractivity contribution < 1.29 is 13.0 Å². The van der Waals surface area contributed by atoms with Crippen LogP contribution < -0.4 is 4.72 Å². The molecule has 0 aromatic heterocycles. The van der Waals surface area contributed by atoms with Gasteiger partial charge in [-0.3, -0.25) is 9.27 Å². The molecule has 0 saturated carbocycles. The summed E-state index contributed by atoms with van der Waals surface area (Å²) in [6.45, 7) is 3.65. The lowest BCUT2D eigenvalue weighted by atomic mass is 10.1.